The lowest BCUT2D eigenvalue weighted by atomic mass is 10.2. The van der Waals surface area contributed by atoms with E-state index in [1.54, 1.807) is 11.1 Å². The van der Waals surface area contributed by atoms with Crippen LogP contribution in [0, 0.1) is 5.92 Å². The standard InChI is InChI=1S/C20H31N5O3/c1-20(2,3)28-19(26)25-10-8-24(9-11-25)18(21)23-13-16-6-7-17(22-12-16)27-14-15-4-5-15/h6-7,12,15H,4-5,8-11,13-14H2,1-3H3,(H2,21,23). The molecule has 8 nitrogen and oxygen atoms in total. The molecular formula is C20H31N5O3. The van der Waals surface area contributed by atoms with Gasteiger partial charge in [0.1, 0.15) is 5.60 Å². The Bertz CT molecular complexity index is 687. The molecule has 0 radical (unpaired) electrons. The summed E-state index contributed by atoms with van der Waals surface area (Å²) in [6, 6.07) is 3.84. The molecule has 0 aromatic carbocycles. The van der Waals surface area contributed by atoms with E-state index in [9.17, 15) is 4.79 Å². The van der Waals surface area contributed by atoms with Gasteiger partial charge in [-0.25, -0.2) is 14.8 Å². The van der Waals surface area contributed by atoms with Gasteiger partial charge in [-0.2, -0.15) is 0 Å². The van der Waals surface area contributed by atoms with Crippen molar-refractivity contribution >= 4 is 12.1 Å². The summed E-state index contributed by atoms with van der Waals surface area (Å²) in [5.41, 5.74) is 6.63. The van der Waals surface area contributed by atoms with E-state index in [2.05, 4.69) is 9.98 Å². The zero-order valence-corrected chi connectivity index (χ0v) is 17.1. The average molecular weight is 390 g/mol. The number of nitrogens with two attached hydrogens (primary N) is 1. The van der Waals surface area contributed by atoms with Gasteiger partial charge in [-0.1, -0.05) is 6.07 Å². The Labute approximate surface area is 166 Å². The van der Waals surface area contributed by atoms with Crippen molar-refractivity contribution in [3.8, 4) is 5.88 Å². The molecular weight excluding hydrogens is 358 g/mol. The Balaban J connectivity index is 1.43. The second kappa shape index (κ2) is 8.67. The number of carbonyl (C=O) groups excluding carboxylic acids is 1. The van der Waals surface area contributed by atoms with Crippen molar-refractivity contribution in [2.45, 2.75) is 45.8 Å². The van der Waals surface area contributed by atoms with Crippen LogP contribution in [0.2, 0.25) is 0 Å². The minimum Gasteiger partial charge on any atom is -0.477 e. The first-order valence-electron chi connectivity index (χ1n) is 9.91. The highest BCUT2D eigenvalue weighted by Crippen LogP contribution is 2.29. The van der Waals surface area contributed by atoms with E-state index in [-0.39, 0.29) is 6.09 Å². The second-order valence-electron chi connectivity index (χ2n) is 8.39. The first kappa shape index (κ1) is 20.2. The molecule has 2 aliphatic rings. The van der Waals surface area contributed by atoms with Crippen LogP contribution in [0.1, 0.15) is 39.2 Å². The van der Waals surface area contributed by atoms with Gasteiger partial charge >= 0.3 is 6.09 Å². The summed E-state index contributed by atoms with van der Waals surface area (Å²) in [5, 5.41) is 0. The van der Waals surface area contributed by atoms with Gasteiger partial charge in [-0.05, 0) is 45.1 Å². The number of carbonyl (C=O) groups is 1. The number of guanidine groups is 1. The number of hydrogen-bond acceptors (Lipinski definition) is 5. The van der Waals surface area contributed by atoms with Crippen molar-refractivity contribution in [2.75, 3.05) is 32.8 Å². The number of amides is 1. The number of nitrogens with zero attached hydrogens (tertiary/aromatic N) is 4. The third-order valence-corrected chi connectivity index (χ3v) is 4.64. The van der Waals surface area contributed by atoms with Crippen LogP contribution in [0.15, 0.2) is 23.3 Å². The smallest absolute Gasteiger partial charge is 0.410 e. The zero-order valence-electron chi connectivity index (χ0n) is 17.1. The summed E-state index contributed by atoms with van der Waals surface area (Å²) in [4.78, 5) is 24.6. The molecule has 8 heteroatoms. The fraction of sp³-hybridized carbons (Fsp3) is 0.650. The number of pyridine rings is 1. The largest absolute Gasteiger partial charge is 0.477 e. The van der Waals surface area contributed by atoms with Gasteiger partial charge in [0, 0.05) is 38.4 Å². The first-order valence-corrected chi connectivity index (χ1v) is 9.91. The number of aromatic nitrogens is 1. The summed E-state index contributed by atoms with van der Waals surface area (Å²) in [6.45, 7) is 9.24. The van der Waals surface area contributed by atoms with Crippen molar-refractivity contribution in [1.82, 2.24) is 14.8 Å². The molecule has 3 rings (SSSR count). The van der Waals surface area contributed by atoms with E-state index in [1.807, 2.05) is 37.8 Å². The zero-order chi connectivity index (χ0) is 20.1. The topological polar surface area (TPSA) is 93.3 Å². The van der Waals surface area contributed by atoms with Crippen molar-refractivity contribution in [1.29, 1.82) is 0 Å². The van der Waals surface area contributed by atoms with Gasteiger partial charge in [0.05, 0.1) is 13.2 Å². The Morgan fingerprint density at radius 2 is 1.89 bits per heavy atom. The molecule has 1 saturated heterocycles. The Kier molecular flexibility index (Phi) is 6.26. The number of ether oxygens (including phenoxy) is 2. The maximum Gasteiger partial charge on any atom is 0.410 e. The van der Waals surface area contributed by atoms with Crippen molar-refractivity contribution in [3.05, 3.63) is 23.9 Å². The molecule has 1 aliphatic heterocycles. The van der Waals surface area contributed by atoms with Gasteiger partial charge in [0.15, 0.2) is 5.96 Å². The van der Waals surface area contributed by atoms with E-state index in [0.29, 0.717) is 50.5 Å². The summed E-state index contributed by atoms with van der Waals surface area (Å²) >= 11 is 0. The lowest BCUT2D eigenvalue weighted by Gasteiger charge is -2.36. The Morgan fingerprint density at radius 1 is 1.21 bits per heavy atom. The van der Waals surface area contributed by atoms with E-state index in [1.165, 1.54) is 12.8 Å². The van der Waals surface area contributed by atoms with E-state index >= 15 is 0 Å². The maximum atomic E-state index is 12.1. The molecule has 0 atom stereocenters. The molecule has 1 aromatic rings. The first-order chi connectivity index (χ1) is 13.3. The number of aliphatic imine (C=N–C) groups is 1. The van der Waals surface area contributed by atoms with Crippen LogP contribution in [-0.2, 0) is 11.3 Å². The van der Waals surface area contributed by atoms with Gasteiger partial charge in [0.2, 0.25) is 5.88 Å². The number of piperazine rings is 1. The third kappa shape index (κ3) is 6.28. The van der Waals surface area contributed by atoms with E-state index in [4.69, 9.17) is 15.2 Å². The lowest BCUT2D eigenvalue weighted by Crippen LogP contribution is -2.53. The molecule has 28 heavy (non-hydrogen) atoms. The van der Waals surface area contributed by atoms with Gasteiger partial charge in [-0.15, -0.1) is 0 Å². The van der Waals surface area contributed by atoms with E-state index in [0.717, 1.165) is 12.2 Å². The Hall–Kier alpha value is -2.51. The molecule has 1 aromatic heterocycles. The highest BCUT2D eigenvalue weighted by molar-refractivity contribution is 5.78. The average Bonchev–Trinajstić information content (AvgIpc) is 3.48. The van der Waals surface area contributed by atoms with Gasteiger partial charge in [-0.3, -0.25) is 0 Å². The highest BCUT2D eigenvalue weighted by atomic mass is 16.6. The number of hydrogen-bond donors (Lipinski definition) is 1. The molecule has 0 spiro atoms. The van der Waals surface area contributed by atoms with Gasteiger partial charge < -0.3 is 25.0 Å². The Morgan fingerprint density at radius 3 is 2.46 bits per heavy atom. The molecule has 154 valence electrons. The van der Waals surface area contributed by atoms with Crippen molar-refractivity contribution < 1.29 is 14.3 Å². The normalized spacial score (nSPS) is 18.2. The van der Waals surface area contributed by atoms with Gasteiger partial charge in [0.25, 0.3) is 0 Å². The van der Waals surface area contributed by atoms with Crippen LogP contribution in [0.5, 0.6) is 5.88 Å². The minimum absolute atomic E-state index is 0.280. The molecule has 2 N–H and O–H groups in total. The van der Waals surface area contributed by atoms with Crippen LogP contribution in [0.4, 0.5) is 4.79 Å². The predicted molar refractivity (Wildman–Crippen MR) is 107 cm³/mol. The van der Waals surface area contributed by atoms with E-state index < -0.39 is 5.60 Å². The summed E-state index contributed by atoms with van der Waals surface area (Å²) in [5.74, 6) is 1.85. The molecule has 2 heterocycles. The molecule has 0 bridgehead atoms. The molecule has 1 amide bonds. The maximum absolute atomic E-state index is 12.1. The number of rotatable bonds is 5. The summed E-state index contributed by atoms with van der Waals surface area (Å²) < 4.78 is 11.1. The fourth-order valence-electron chi connectivity index (χ4n) is 2.79. The predicted octanol–water partition coefficient (Wildman–Crippen LogP) is 2.24. The van der Waals surface area contributed by atoms with Crippen molar-refractivity contribution in [2.24, 2.45) is 16.6 Å². The fourth-order valence-corrected chi connectivity index (χ4v) is 2.79. The summed E-state index contributed by atoms with van der Waals surface area (Å²) in [6.07, 6.45) is 4.02. The third-order valence-electron chi connectivity index (χ3n) is 4.64. The monoisotopic (exact) mass is 389 g/mol. The van der Waals surface area contributed by atoms with Crippen molar-refractivity contribution in [3.63, 3.8) is 0 Å². The molecule has 1 aliphatic carbocycles. The molecule has 2 fully saturated rings. The SMILES string of the molecule is CC(C)(C)OC(=O)N1CCN(C(N)=NCc2ccc(OCC3CC3)nc2)CC1. The highest BCUT2D eigenvalue weighted by Gasteiger charge is 2.26. The lowest BCUT2D eigenvalue weighted by molar-refractivity contribution is 0.0186. The van der Waals surface area contributed by atoms with Crippen LogP contribution in [0.25, 0.3) is 0 Å². The van der Waals surface area contributed by atoms with Crippen LogP contribution < -0.4 is 10.5 Å². The quantitative estimate of drug-likeness (QED) is 0.613. The van der Waals surface area contributed by atoms with Crippen LogP contribution in [-0.4, -0.2) is 65.2 Å². The summed E-state index contributed by atoms with van der Waals surface area (Å²) in [7, 11) is 0. The molecule has 1 saturated carbocycles. The second-order valence-corrected chi connectivity index (χ2v) is 8.39. The minimum atomic E-state index is -0.485. The van der Waals surface area contributed by atoms with Crippen LogP contribution in [0.3, 0.4) is 0 Å². The van der Waals surface area contributed by atoms with Crippen LogP contribution >= 0.6 is 0 Å². The molecule has 0 unspecified atom stereocenters.